The van der Waals surface area contributed by atoms with E-state index in [1.807, 2.05) is 6.92 Å². The van der Waals surface area contributed by atoms with E-state index in [0.717, 1.165) is 36.3 Å². The van der Waals surface area contributed by atoms with Gasteiger partial charge in [0, 0.05) is 23.6 Å². The number of nitrogens with zero attached hydrogens (tertiary/aromatic N) is 1. The Kier molecular flexibility index (Phi) is 3.84. The smallest absolute Gasteiger partial charge is 0.0642 e. The van der Waals surface area contributed by atoms with E-state index in [9.17, 15) is 0 Å². The number of hydrogen-bond donors (Lipinski definition) is 1. The van der Waals surface area contributed by atoms with Crippen LogP contribution in [0, 0.1) is 0 Å². The van der Waals surface area contributed by atoms with E-state index in [4.69, 9.17) is 10.5 Å². The lowest BCUT2D eigenvalue weighted by molar-refractivity contribution is 0.122. The average Bonchev–Trinajstić information content (AvgIpc) is 2.30. The van der Waals surface area contributed by atoms with E-state index in [-0.39, 0.29) is 6.04 Å². The van der Waals surface area contributed by atoms with Gasteiger partial charge in [0.2, 0.25) is 0 Å². The second-order valence-corrected chi connectivity index (χ2v) is 4.95. The molecule has 88 valence electrons. The molecule has 4 heteroatoms. The number of rotatable bonds is 2. The summed E-state index contributed by atoms with van der Waals surface area (Å²) in [5, 5.41) is 0. The van der Waals surface area contributed by atoms with Gasteiger partial charge in [0.05, 0.1) is 18.9 Å². The molecule has 0 amide bonds. The van der Waals surface area contributed by atoms with Crippen molar-refractivity contribution in [3.05, 3.63) is 28.2 Å². The highest BCUT2D eigenvalue weighted by molar-refractivity contribution is 9.10. The molecule has 1 aromatic rings. The summed E-state index contributed by atoms with van der Waals surface area (Å²) in [6.07, 6.45) is 0. The zero-order valence-electron chi connectivity index (χ0n) is 9.45. The Labute approximate surface area is 105 Å². The Hall–Kier alpha value is -0.580. The lowest BCUT2D eigenvalue weighted by Crippen LogP contribution is -2.36. The highest BCUT2D eigenvalue weighted by Crippen LogP contribution is 2.29. The Morgan fingerprint density at radius 2 is 2.06 bits per heavy atom. The summed E-state index contributed by atoms with van der Waals surface area (Å²) in [5.74, 6) is 0. The molecule has 3 nitrogen and oxygen atoms in total. The fourth-order valence-corrected chi connectivity index (χ4v) is 2.51. The van der Waals surface area contributed by atoms with Crippen LogP contribution in [0.1, 0.15) is 18.5 Å². The summed E-state index contributed by atoms with van der Waals surface area (Å²) in [5.41, 5.74) is 8.24. The molecule has 1 aliphatic heterocycles. The van der Waals surface area contributed by atoms with E-state index in [0.29, 0.717) is 0 Å². The van der Waals surface area contributed by atoms with Gasteiger partial charge in [0.1, 0.15) is 0 Å². The zero-order chi connectivity index (χ0) is 11.5. The Balaban J connectivity index is 2.21. The SMILES string of the molecule is CC(N)c1ccc(N2CCOCC2)c(Br)c1. The number of benzene rings is 1. The maximum absolute atomic E-state index is 5.86. The second-order valence-electron chi connectivity index (χ2n) is 4.10. The van der Waals surface area contributed by atoms with Gasteiger partial charge >= 0.3 is 0 Å². The molecule has 2 N–H and O–H groups in total. The first-order valence-electron chi connectivity index (χ1n) is 5.56. The van der Waals surface area contributed by atoms with Crippen LogP contribution in [-0.4, -0.2) is 26.3 Å². The molecule has 16 heavy (non-hydrogen) atoms. The number of halogens is 1. The topological polar surface area (TPSA) is 38.5 Å². The molecule has 0 spiro atoms. The molecule has 1 atom stereocenters. The average molecular weight is 285 g/mol. The Bertz CT molecular complexity index is 362. The molecule has 1 saturated heterocycles. The van der Waals surface area contributed by atoms with Crippen LogP contribution in [0.15, 0.2) is 22.7 Å². The van der Waals surface area contributed by atoms with E-state index in [2.05, 4.69) is 39.0 Å². The zero-order valence-corrected chi connectivity index (χ0v) is 11.0. The molecule has 0 aromatic heterocycles. The molecule has 1 aromatic carbocycles. The maximum atomic E-state index is 5.86. The summed E-state index contributed by atoms with van der Waals surface area (Å²) >= 11 is 3.61. The lowest BCUT2D eigenvalue weighted by atomic mass is 10.1. The Morgan fingerprint density at radius 3 is 2.62 bits per heavy atom. The number of anilines is 1. The second kappa shape index (κ2) is 5.17. The summed E-state index contributed by atoms with van der Waals surface area (Å²) < 4.78 is 6.46. The highest BCUT2D eigenvalue weighted by Gasteiger charge is 2.14. The van der Waals surface area contributed by atoms with Crippen molar-refractivity contribution in [2.24, 2.45) is 5.73 Å². The van der Waals surface area contributed by atoms with Crippen molar-refractivity contribution < 1.29 is 4.74 Å². The van der Waals surface area contributed by atoms with Gasteiger partial charge in [-0.1, -0.05) is 6.07 Å². The van der Waals surface area contributed by atoms with Gasteiger partial charge in [-0.3, -0.25) is 0 Å². The predicted molar refractivity (Wildman–Crippen MR) is 69.8 cm³/mol. The van der Waals surface area contributed by atoms with Crippen molar-refractivity contribution in [1.29, 1.82) is 0 Å². The fraction of sp³-hybridized carbons (Fsp3) is 0.500. The standard InChI is InChI=1S/C12H17BrN2O/c1-9(14)10-2-3-12(11(13)8-10)15-4-6-16-7-5-15/h2-3,8-9H,4-7,14H2,1H3. The molecule has 2 rings (SSSR count). The fourth-order valence-electron chi connectivity index (χ4n) is 1.87. The van der Waals surface area contributed by atoms with Crippen molar-refractivity contribution in [3.63, 3.8) is 0 Å². The van der Waals surface area contributed by atoms with Crippen molar-refractivity contribution >= 4 is 21.6 Å². The first-order chi connectivity index (χ1) is 7.68. The number of nitrogens with two attached hydrogens (primary N) is 1. The number of hydrogen-bond acceptors (Lipinski definition) is 3. The molecule has 1 aliphatic rings. The van der Waals surface area contributed by atoms with Gasteiger partial charge in [-0.25, -0.2) is 0 Å². The molecule has 1 fully saturated rings. The van der Waals surface area contributed by atoms with Crippen LogP contribution >= 0.6 is 15.9 Å². The lowest BCUT2D eigenvalue weighted by Gasteiger charge is -2.30. The molecule has 1 heterocycles. The van der Waals surface area contributed by atoms with E-state index in [1.54, 1.807) is 0 Å². The van der Waals surface area contributed by atoms with Gasteiger partial charge in [0.15, 0.2) is 0 Å². The summed E-state index contributed by atoms with van der Waals surface area (Å²) in [6, 6.07) is 6.42. The number of ether oxygens (including phenoxy) is 1. The summed E-state index contributed by atoms with van der Waals surface area (Å²) in [6.45, 7) is 5.52. The minimum Gasteiger partial charge on any atom is -0.378 e. The van der Waals surface area contributed by atoms with Gasteiger partial charge in [-0.15, -0.1) is 0 Å². The minimum atomic E-state index is 0.0787. The third-order valence-electron chi connectivity index (χ3n) is 2.85. The molecule has 0 bridgehead atoms. The van der Waals surface area contributed by atoms with Crippen LogP contribution in [0.2, 0.25) is 0 Å². The first-order valence-corrected chi connectivity index (χ1v) is 6.35. The molecule has 0 aliphatic carbocycles. The Morgan fingerprint density at radius 1 is 1.38 bits per heavy atom. The van der Waals surface area contributed by atoms with E-state index in [1.165, 1.54) is 5.69 Å². The third kappa shape index (κ3) is 2.56. The van der Waals surface area contributed by atoms with E-state index >= 15 is 0 Å². The summed E-state index contributed by atoms with van der Waals surface area (Å²) in [4.78, 5) is 2.33. The van der Waals surface area contributed by atoms with Crippen molar-refractivity contribution in [2.75, 3.05) is 31.2 Å². The predicted octanol–water partition coefficient (Wildman–Crippen LogP) is 2.31. The molecular formula is C12H17BrN2O. The molecular weight excluding hydrogens is 268 g/mol. The highest BCUT2D eigenvalue weighted by atomic mass is 79.9. The van der Waals surface area contributed by atoms with Crippen LogP contribution in [0.5, 0.6) is 0 Å². The van der Waals surface area contributed by atoms with Gasteiger partial charge in [-0.05, 0) is 40.5 Å². The molecule has 0 saturated carbocycles. The summed E-state index contributed by atoms with van der Waals surface area (Å²) in [7, 11) is 0. The first kappa shape index (κ1) is 11.9. The van der Waals surface area contributed by atoms with Crippen molar-refractivity contribution in [1.82, 2.24) is 0 Å². The largest absolute Gasteiger partial charge is 0.378 e. The van der Waals surface area contributed by atoms with Crippen molar-refractivity contribution in [2.45, 2.75) is 13.0 Å². The van der Waals surface area contributed by atoms with Crippen LogP contribution in [0.25, 0.3) is 0 Å². The van der Waals surface area contributed by atoms with E-state index < -0.39 is 0 Å². The van der Waals surface area contributed by atoms with Crippen molar-refractivity contribution in [3.8, 4) is 0 Å². The third-order valence-corrected chi connectivity index (χ3v) is 3.48. The van der Waals surface area contributed by atoms with Crippen LogP contribution in [0.3, 0.4) is 0 Å². The monoisotopic (exact) mass is 284 g/mol. The molecule has 1 unspecified atom stereocenters. The van der Waals surface area contributed by atoms with Crippen LogP contribution in [0.4, 0.5) is 5.69 Å². The van der Waals surface area contributed by atoms with Gasteiger partial charge in [-0.2, -0.15) is 0 Å². The number of morpholine rings is 1. The van der Waals surface area contributed by atoms with Gasteiger partial charge < -0.3 is 15.4 Å². The van der Waals surface area contributed by atoms with Crippen LogP contribution in [-0.2, 0) is 4.74 Å². The normalized spacial score (nSPS) is 18.6. The maximum Gasteiger partial charge on any atom is 0.0642 e. The minimum absolute atomic E-state index is 0.0787. The van der Waals surface area contributed by atoms with Gasteiger partial charge in [0.25, 0.3) is 0 Å². The quantitative estimate of drug-likeness (QED) is 0.906. The van der Waals surface area contributed by atoms with Crippen LogP contribution < -0.4 is 10.6 Å². The molecule has 0 radical (unpaired) electrons.